The molecule has 2 nitrogen and oxygen atoms in total. The Bertz CT molecular complexity index is 603. The van der Waals surface area contributed by atoms with Crippen molar-refractivity contribution in [2.75, 3.05) is 0 Å². The summed E-state index contributed by atoms with van der Waals surface area (Å²) in [5, 5.41) is 0.404. The Morgan fingerprint density at radius 3 is 2.89 bits per heavy atom. The summed E-state index contributed by atoms with van der Waals surface area (Å²) >= 11 is 8.96. The van der Waals surface area contributed by atoms with E-state index in [1.807, 2.05) is 0 Å². The summed E-state index contributed by atoms with van der Waals surface area (Å²) in [5.74, 6) is -0.866. The van der Waals surface area contributed by atoms with Crippen molar-refractivity contribution >= 4 is 33.3 Å². The number of nitrogens with zero attached hydrogens (tertiary/aromatic N) is 1. The molecule has 0 N–H and O–H groups in total. The van der Waals surface area contributed by atoms with E-state index in [1.54, 1.807) is 24.4 Å². The van der Waals surface area contributed by atoms with E-state index in [0.717, 1.165) is 0 Å². The minimum Gasteiger partial charge on any atom is -0.294 e. The lowest BCUT2D eigenvalue weighted by Gasteiger charge is -2.05. The fourth-order valence-corrected chi connectivity index (χ4v) is 2.09. The van der Waals surface area contributed by atoms with Gasteiger partial charge < -0.3 is 0 Å². The Hall–Kier alpha value is -1.26. The number of aromatic nitrogens is 1. The third-order valence-electron chi connectivity index (χ3n) is 2.46. The molecule has 0 aliphatic carbocycles. The van der Waals surface area contributed by atoms with Gasteiger partial charge in [0.05, 0.1) is 15.1 Å². The highest BCUT2D eigenvalue weighted by Crippen LogP contribution is 2.21. The number of benzene rings is 1. The van der Waals surface area contributed by atoms with Gasteiger partial charge in [0, 0.05) is 18.8 Å². The molecule has 2 rings (SSSR count). The predicted octanol–water partition coefficient (Wildman–Crippen LogP) is 4.06. The molecule has 0 amide bonds. The van der Waals surface area contributed by atoms with Gasteiger partial charge in [0.2, 0.25) is 0 Å². The zero-order valence-electron chi connectivity index (χ0n) is 9.16. The fraction of sp³-hybridized carbons (Fsp3) is 0.0769. The summed E-state index contributed by atoms with van der Waals surface area (Å²) in [6.07, 6.45) is 3.06. The second-order valence-corrected chi connectivity index (χ2v) is 4.93. The molecule has 0 radical (unpaired) electrons. The number of rotatable bonds is 3. The van der Waals surface area contributed by atoms with Crippen molar-refractivity contribution in [3.63, 3.8) is 0 Å². The maximum Gasteiger partial charge on any atom is 0.170 e. The molecule has 1 aromatic heterocycles. The molecule has 2 aromatic rings. The zero-order chi connectivity index (χ0) is 13.1. The van der Waals surface area contributed by atoms with Crippen molar-refractivity contribution in [3.8, 4) is 0 Å². The largest absolute Gasteiger partial charge is 0.294 e. The van der Waals surface area contributed by atoms with E-state index in [-0.39, 0.29) is 22.2 Å². The Morgan fingerprint density at radius 1 is 1.39 bits per heavy atom. The topological polar surface area (TPSA) is 30.0 Å². The van der Waals surface area contributed by atoms with Crippen LogP contribution in [0.25, 0.3) is 0 Å². The van der Waals surface area contributed by atoms with Crippen LogP contribution in [0.5, 0.6) is 0 Å². The van der Waals surface area contributed by atoms with E-state index in [1.165, 1.54) is 12.3 Å². The van der Waals surface area contributed by atoms with Gasteiger partial charge in [0.1, 0.15) is 5.82 Å². The number of ketones is 1. The quantitative estimate of drug-likeness (QED) is 0.795. The van der Waals surface area contributed by atoms with Crippen LogP contribution in [0.2, 0.25) is 5.02 Å². The number of Topliss-reactive ketones (excluding diaryl/α,β-unsaturated/α-hetero) is 1. The van der Waals surface area contributed by atoms with Crippen LogP contribution in [0.15, 0.2) is 41.1 Å². The normalized spacial score (nSPS) is 10.4. The Balaban J connectivity index is 2.28. The highest BCUT2D eigenvalue weighted by atomic mass is 79.9. The SMILES string of the molecule is O=C(Cc1ccncc1Cl)c1cccc(Br)c1F. The molecule has 18 heavy (non-hydrogen) atoms. The summed E-state index contributed by atoms with van der Waals surface area (Å²) in [7, 11) is 0. The molecule has 92 valence electrons. The second-order valence-electron chi connectivity index (χ2n) is 3.67. The third-order valence-corrected chi connectivity index (χ3v) is 3.41. The molecule has 0 aliphatic heterocycles. The summed E-state index contributed by atoms with van der Waals surface area (Å²) in [6.45, 7) is 0. The number of pyridine rings is 1. The van der Waals surface area contributed by atoms with Crippen LogP contribution in [0, 0.1) is 5.82 Å². The summed E-state index contributed by atoms with van der Waals surface area (Å²) in [5.41, 5.74) is 0.688. The van der Waals surface area contributed by atoms with E-state index < -0.39 is 5.82 Å². The van der Waals surface area contributed by atoms with Crippen molar-refractivity contribution in [3.05, 3.63) is 63.1 Å². The molecule has 0 atom stereocenters. The van der Waals surface area contributed by atoms with Gasteiger partial charge in [-0.2, -0.15) is 0 Å². The minimum atomic E-state index is -0.548. The Morgan fingerprint density at radius 2 is 2.17 bits per heavy atom. The lowest BCUT2D eigenvalue weighted by molar-refractivity contribution is 0.0989. The van der Waals surface area contributed by atoms with Gasteiger partial charge in [-0.05, 0) is 39.7 Å². The maximum absolute atomic E-state index is 13.7. The van der Waals surface area contributed by atoms with Gasteiger partial charge in [0.25, 0.3) is 0 Å². The van der Waals surface area contributed by atoms with E-state index in [9.17, 15) is 9.18 Å². The molecule has 0 bridgehead atoms. The smallest absolute Gasteiger partial charge is 0.170 e. The first-order valence-electron chi connectivity index (χ1n) is 5.15. The monoisotopic (exact) mass is 327 g/mol. The van der Waals surface area contributed by atoms with Crippen LogP contribution < -0.4 is 0 Å². The second kappa shape index (κ2) is 5.59. The molecule has 1 aromatic carbocycles. The van der Waals surface area contributed by atoms with Gasteiger partial charge >= 0.3 is 0 Å². The van der Waals surface area contributed by atoms with Gasteiger partial charge in [0.15, 0.2) is 5.78 Å². The Kier molecular flexibility index (Phi) is 4.09. The van der Waals surface area contributed by atoms with Crippen molar-refractivity contribution in [1.82, 2.24) is 4.98 Å². The van der Waals surface area contributed by atoms with Crippen molar-refractivity contribution in [2.24, 2.45) is 0 Å². The number of carbonyl (C=O) groups excluding carboxylic acids is 1. The lowest BCUT2D eigenvalue weighted by Crippen LogP contribution is -2.07. The van der Waals surface area contributed by atoms with Crippen LogP contribution in [0.3, 0.4) is 0 Å². The molecule has 0 unspecified atom stereocenters. The van der Waals surface area contributed by atoms with Gasteiger partial charge in [-0.25, -0.2) is 4.39 Å². The third kappa shape index (κ3) is 2.76. The van der Waals surface area contributed by atoms with E-state index in [0.29, 0.717) is 10.6 Å². The van der Waals surface area contributed by atoms with Crippen molar-refractivity contribution in [2.45, 2.75) is 6.42 Å². The molecule has 0 saturated carbocycles. The fourth-order valence-electron chi connectivity index (χ4n) is 1.53. The van der Waals surface area contributed by atoms with Crippen molar-refractivity contribution in [1.29, 1.82) is 0 Å². The maximum atomic E-state index is 13.7. The van der Waals surface area contributed by atoms with Crippen LogP contribution in [0.1, 0.15) is 15.9 Å². The standard InChI is InChI=1S/C13H8BrClFNO/c14-10-3-1-2-9(13(10)16)12(18)6-8-4-5-17-7-11(8)15/h1-5,7H,6H2. The summed E-state index contributed by atoms with van der Waals surface area (Å²) in [4.78, 5) is 15.8. The first-order valence-corrected chi connectivity index (χ1v) is 6.32. The van der Waals surface area contributed by atoms with Gasteiger partial charge in [-0.3, -0.25) is 9.78 Å². The number of hydrogen-bond acceptors (Lipinski definition) is 2. The van der Waals surface area contributed by atoms with Gasteiger partial charge in [-0.1, -0.05) is 17.7 Å². The zero-order valence-corrected chi connectivity index (χ0v) is 11.5. The van der Waals surface area contributed by atoms with Crippen molar-refractivity contribution < 1.29 is 9.18 Å². The predicted molar refractivity (Wildman–Crippen MR) is 71.4 cm³/mol. The lowest BCUT2D eigenvalue weighted by atomic mass is 10.0. The first kappa shape index (κ1) is 13.2. The molecular formula is C13H8BrClFNO. The van der Waals surface area contributed by atoms with Gasteiger partial charge in [-0.15, -0.1) is 0 Å². The van der Waals surface area contributed by atoms with Crippen LogP contribution in [-0.2, 0) is 6.42 Å². The number of carbonyl (C=O) groups is 1. The highest BCUT2D eigenvalue weighted by Gasteiger charge is 2.15. The number of halogens is 3. The average Bonchev–Trinajstić information content (AvgIpc) is 2.35. The number of hydrogen-bond donors (Lipinski definition) is 0. The molecule has 0 saturated heterocycles. The van der Waals surface area contributed by atoms with E-state index in [4.69, 9.17) is 11.6 Å². The summed E-state index contributed by atoms with van der Waals surface area (Å²) < 4.78 is 14.0. The summed E-state index contributed by atoms with van der Waals surface area (Å²) in [6, 6.07) is 6.27. The van der Waals surface area contributed by atoms with Crippen LogP contribution >= 0.6 is 27.5 Å². The van der Waals surface area contributed by atoms with Crippen LogP contribution in [0.4, 0.5) is 4.39 Å². The Labute approximate surface area is 117 Å². The molecule has 0 spiro atoms. The van der Waals surface area contributed by atoms with Crippen LogP contribution in [-0.4, -0.2) is 10.8 Å². The first-order chi connectivity index (χ1) is 8.59. The molecule has 1 heterocycles. The minimum absolute atomic E-state index is 0.0503. The average molecular weight is 329 g/mol. The molecule has 5 heteroatoms. The molecule has 0 aliphatic rings. The molecule has 0 fully saturated rings. The highest BCUT2D eigenvalue weighted by molar-refractivity contribution is 9.10. The molecular weight excluding hydrogens is 321 g/mol. The van der Waals surface area contributed by atoms with E-state index >= 15 is 0 Å². The van der Waals surface area contributed by atoms with E-state index in [2.05, 4.69) is 20.9 Å².